The number of anilines is 1. The molecule has 5 nitrogen and oxygen atoms in total. The third-order valence-corrected chi connectivity index (χ3v) is 3.31. The summed E-state index contributed by atoms with van der Waals surface area (Å²) in [7, 11) is 1.82. The molecule has 0 saturated heterocycles. The summed E-state index contributed by atoms with van der Waals surface area (Å²) in [6, 6.07) is 0. The van der Waals surface area contributed by atoms with E-state index in [1.54, 1.807) is 18.0 Å². The van der Waals surface area contributed by atoms with Crippen molar-refractivity contribution in [1.29, 1.82) is 0 Å². The minimum Gasteiger partial charge on any atom is -0.357 e. The van der Waals surface area contributed by atoms with Gasteiger partial charge in [-0.1, -0.05) is 13.3 Å². The van der Waals surface area contributed by atoms with Gasteiger partial charge in [0.05, 0.1) is 11.6 Å². The number of thioether (sulfide) groups is 1. The van der Waals surface area contributed by atoms with Crippen LogP contribution >= 0.6 is 11.8 Å². The highest BCUT2D eigenvalue weighted by Gasteiger charge is 2.08. The first-order chi connectivity index (χ1) is 7.85. The van der Waals surface area contributed by atoms with Crippen molar-refractivity contribution in [1.82, 2.24) is 20.2 Å². The van der Waals surface area contributed by atoms with E-state index in [0.717, 1.165) is 21.8 Å². The SMILES string of the molecule is CCCCSc1nc(NC)nc2[nH]ncc12. The molecule has 0 unspecified atom stereocenters. The normalized spacial score (nSPS) is 10.9. The van der Waals surface area contributed by atoms with Gasteiger partial charge in [0, 0.05) is 7.05 Å². The number of fused-ring (bicyclic) bond motifs is 1. The summed E-state index contributed by atoms with van der Waals surface area (Å²) < 4.78 is 0. The Morgan fingerprint density at radius 1 is 1.44 bits per heavy atom. The molecule has 0 aliphatic rings. The Hall–Kier alpha value is -1.30. The highest BCUT2D eigenvalue weighted by atomic mass is 32.2. The topological polar surface area (TPSA) is 66.5 Å². The number of H-pyrrole nitrogens is 1. The van der Waals surface area contributed by atoms with E-state index < -0.39 is 0 Å². The van der Waals surface area contributed by atoms with Crippen molar-refractivity contribution < 1.29 is 0 Å². The molecular formula is C10H15N5S. The maximum Gasteiger partial charge on any atom is 0.225 e. The van der Waals surface area contributed by atoms with Crippen LogP contribution in [-0.2, 0) is 0 Å². The maximum atomic E-state index is 4.44. The number of unbranched alkanes of at least 4 members (excludes halogenated alkanes) is 1. The second kappa shape index (κ2) is 5.16. The molecule has 6 heteroatoms. The number of nitrogens with one attached hydrogen (secondary N) is 2. The van der Waals surface area contributed by atoms with Crippen LogP contribution in [0.2, 0.25) is 0 Å². The molecule has 16 heavy (non-hydrogen) atoms. The molecule has 2 aromatic rings. The van der Waals surface area contributed by atoms with E-state index >= 15 is 0 Å². The fourth-order valence-electron chi connectivity index (χ4n) is 1.34. The summed E-state index contributed by atoms with van der Waals surface area (Å²) in [5, 5.41) is 11.8. The van der Waals surface area contributed by atoms with Crippen LogP contribution in [0.3, 0.4) is 0 Å². The molecule has 0 fully saturated rings. The smallest absolute Gasteiger partial charge is 0.225 e. The zero-order valence-corrected chi connectivity index (χ0v) is 10.3. The first kappa shape index (κ1) is 11.2. The van der Waals surface area contributed by atoms with Crippen molar-refractivity contribution in [3.63, 3.8) is 0 Å². The zero-order valence-electron chi connectivity index (χ0n) is 9.45. The van der Waals surface area contributed by atoms with Crippen LogP contribution in [0.4, 0.5) is 5.95 Å². The van der Waals surface area contributed by atoms with E-state index in [1.165, 1.54) is 12.8 Å². The fourth-order valence-corrected chi connectivity index (χ4v) is 2.43. The third-order valence-electron chi connectivity index (χ3n) is 2.24. The van der Waals surface area contributed by atoms with Crippen LogP contribution < -0.4 is 5.32 Å². The van der Waals surface area contributed by atoms with Gasteiger partial charge in [0.25, 0.3) is 0 Å². The van der Waals surface area contributed by atoms with E-state index in [9.17, 15) is 0 Å². The summed E-state index contributed by atoms with van der Waals surface area (Å²) in [6.45, 7) is 2.19. The van der Waals surface area contributed by atoms with Gasteiger partial charge in [-0.25, -0.2) is 4.98 Å². The minimum atomic E-state index is 0.635. The van der Waals surface area contributed by atoms with Gasteiger partial charge in [-0.15, -0.1) is 11.8 Å². The molecule has 2 N–H and O–H groups in total. The molecule has 0 amide bonds. The van der Waals surface area contributed by atoms with Gasteiger partial charge >= 0.3 is 0 Å². The molecular weight excluding hydrogens is 222 g/mol. The summed E-state index contributed by atoms with van der Waals surface area (Å²) in [6.07, 6.45) is 4.18. The van der Waals surface area contributed by atoms with Crippen molar-refractivity contribution in [3.8, 4) is 0 Å². The van der Waals surface area contributed by atoms with Gasteiger partial charge in [-0.2, -0.15) is 10.1 Å². The lowest BCUT2D eigenvalue weighted by Crippen LogP contribution is -1.98. The molecule has 2 rings (SSSR count). The van der Waals surface area contributed by atoms with Crippen LogP contribution in [0.1, 0.15) is 19.8 Å². The van der Waals surface area contributed by atoms with Gasteiger partial charge in [0.2, 0.25) is 5.95 Å². The highest BCUT2D eigenvalue weighted by Crippen LogP contribution is 2.25. The standard InChI is InChI=1S/C10H15N5S/c1-3-4-5-16-9-7-6-12-15-8(7)13-10(11-2)14-9/h6H,3-5H2,1-2H3,(H2,11,12,13,14,15). The van der Waals surface area contributed by atoms with Crippen LogP contribution in [0.5, 0.6) is 0 Å². The third kappa shape index (κ3) is 2.27. The number of nitrogens with zero attached hydrogens (tertiary/aromatic N) is 3. The van der Waals surface area contributed by atoms with Crippen LogP contribution in [0, 0.1) is 0 Å². The zero-order chi connectivity index (χ0) is 11.4. The molecule has 0 bridgehead atoms. The maximum absolute atomic E-state index is 4.44. The van der Waals surface area contributed by atoms with Crippen molar-refractivity contribution in [3.05, 3.63) is 6.20 Å². The Morgan fingerprint density at radius 3 is 3.06 bits per heavy atom. The number of hydrogen-bond acceptors (Lipinski definition) is 5. The highest BCUT2D eigenvalue weighted by molar-refractivity contribution is 7.99. The lowest BCUT2D eigenvalue weighted by atomic mass is 10.4. The van der Waals surface area contributed by atoms with Crippen LogP contribution in [0.25, 0.3) is 11.0 Å². The lowest BCUT2D eigenvalue weighted by Gasteiger charge is -2.04. The Bertz CT molecular complexity index is 467. The van der Waals surface area contributed by atoms with E-state index in [1.807, 2.05) is 7.05 Å². The minimum absolute atomic E-state index is 0.635. The number of aromatic nitrogens is 4. The first-order valence-electron chi connectivity index (χ1n) is 5.36. The molecule has 0 spiro atoms. The Labute approximate surface area is 98.4 Å². The van der Waals surface area contributed by atoms with Gasteiger partial charge in [-0.05, 0) is 12.2 Å². The van der Waals surface area contributed by atoms with Crippen molar-refractivity contribution in [2.45, 2.75) is 24.8 Å². The first-order valence-corrected chi connectivity index (χ1v) is 6.35. The van der Waals surface area contributed by atoms with Gasteiger partial charge in [0.15, 0.2) is 5.65 Å². The summed E-state index contributed by atoms with van der Waals surface area (Å²) in [5.74, 6) is 1.72. The van der Waals surface area contributed by atoms with Gasteiger partial charge in [0.1, 0.15) is 5.03 Å². The Kier molecular flexibility index (Phi) is 3.61. The molecule has 2 aromatic heterocycles. The van der Waals surface area contributed by atoms with E-state index in [0.29, 0.717) is 5.95 Å². The molecule has 0 radical (unpaired) electrons. The van der Waals surface area contributed by atoms with Crippen molar-refractivity contribution in [2.75, 3.05) is 18.1 Å². The second-order valence-corrected chi connectivity index (χ2v) is 4.52. The Balaban J connectivity index is 2.29. The van der Waals surface area contributed by atoms with E-state index in [4.69, 9.17) is 0 Å². The van der Waals surface area contributed by atoms with E-state index in [2.05, 4.69) is 32.4 Å². The average Bonchev–Trinajstić information content (AvgIpc) is 2.77. The average molecular weight is 237 g/mol. The Morgan fingerprint density at radius 2 is 2.31 bits per heavy atom. The predicted molar refractivity (Wildman–Crippen MR) is 66.9 cm³/mol. The van der Waals surface area contributed by atoms with Crippen LogP contribution in [-0.4, -0.2) is 33.0 Å². The van der Waals surface area contributed by atoms with Gasteiger partial charge < -0.3 is 5.32 Å². The number of rotatable bonds is 5. The summed E-state index contributed by atoms with van der Waals surface area (Å²) >= 11 is 1.76. The summed E-state index contributed by atoms with van der Waals surface area (Å²) in [5.41, 5.74) is 0.790. The van der Waals surface area contributed by atoms with E-state index in [-0.39, 0.29) is 0 Å². The molecule has 2 heterocycles. The largest absolute Gasteiger partial charge is 0.357 e. The van der Waals surface area contributed by atoms with Crippen molar-refractivity contribution in [2.24, 2.45) is 0 Å². The fraction of sp³-hybridized carbons (Fsp3) is 0.500. The number of hydrogen-bond donors (Lipinski definition) is 2. The van der Waals surface area contributed by atoms with Crippen LogP contribution in [0.15, 0.2) is 11.2 Å². The molecule has 0 atom stereocenters. The molecule has 86 valence electrons. The lowest BCUT2D eigenvalue weighted by molar-refractivity contribution is 0.895. The summed E-state index contributed by atoms with van der Waals surface area (Å²) in [4.78, 5) is 8.73. The molecule has 0 aliphatic heterocycles. The predicted octanol–water partition coefficient (Wildman–Crippen LogP) is 2.29. The molecule has 0 aliphatic carbocycles. The van der Waals surface area contributed by atoms with Gasteiger partial charge in [-0.3, -0.25) is 5.10 Å². The quantitative estimate of drug-likeness (QED) is 0.474. The monoisotopic (exact) mass is 237 g/mol. The second-order valence-electron chi connectivity index (χ2n) is 3.44. The van der Waals surface area contributed by atoms with Crippen molar-refractivity contribution >= 4 is 28.7 Å². The molecule has 0 saturated carbocycles. The molecule has 0 aromatic carbocycles. The number of aromatic amines is 1.